The molecule has 0 radical (unpaired) electrons. The summed E-state index contributed by atoms with van der Waals surface area (Å²) in [5, 5.41) is 11.4. The predicted octanol–water partition coefficient (Wildman–Crippen LogP) is 1.70. The van der Waals surface area contributed by atoms with Crippen LogP contribution in [0.25, 0.3) is 11.4 Å². The number of nitrogens with zero attached hydrogens (tertiary/aromatic N) is 5. The highest BCUT2D eigenvalue weighted by Gasteiger charge is 2.46. The standard InChI is InChI=1S/C18H21N9O3S/c1-31(29,30)18(4-2-3-5-18)13-6-14(19)26-15(25-13)11-7-20-16(21-8-11)27-17(28)24-12-9-22-23-10-12/h6-10H,2-5H2,1H3,(H,22,23)(H2,19,25,26)(H2,20,21,24,27,28). The van der Waals surface area contributed by atoms with Gasteiger partial charge in [-0.2, -0.15) is 5.10 Å². The first-order chi connectivity index (χ1) is 14.8. The number of hydrogen-bond acceptors (Lipinski definition) is 9. The molecule has 4 rings (SSSR count). The molecule has 0 bridgehead atoms. The normalized spacial score (nSPS) is 15.5. The van der Waals surface area contributed by atoms with Crippen molar-refractivity contribution in [2.24, 2.45) is 0 Å². The number of nitrogen functional groups attached to an aromatic ring is 1. The second-order valence-electron chi connectivity index (χ2n) is 7.34. The fourth-order valence-electron chi connectivity index (χ4n) is 3.68. The third kappa shape index (κ3) is 4.17. The van der Waals surface area contributed by atoms with E-state index in [-0.39, 0.29) is 17.6 Å². The fourth-order valence-corrected chi connectivity index (χ4v) is 5.20. The van der Waals surface area contributed by atoms with Crippen molar-refractivity contribution in [3.63, 3.8) is 0 Å². The minimum atomic E-state index is -3.41. The average molecular weight is 443 g/mol. The van der Waals surface area contributed by atoms with Crippen LogP contribution in [0, 0.1) is 0 Å². The van der Waals surface area contributed by atoms with E-state index in [9.17, 15) is 13.2 Å². The summed E-state index contributed by atoms with van der Waals surface area (Å²) in [7, 11) is -3.41. The number of nitrogens with one attached hydrogen (secondary N) is 3. The van der Waals surface area contributed by atoms with Gasteiger partial charge in [0, 0.05) is 30.9 Å². The number of sulfone groups is 1. The van der Waals surface area contributed by atoms with Crippen molar-refractivity contribution in [3.8, 4) is 11.4 Å². The Labute approximate surface area is 178 Å². The molecule has 0 aromatic carbocycles. The van der Waals surface area contributed by atoms with Gasteiger partial charge in [-0.3, -0.25) is 10.4 Å². The van der Waals surface area contributed by atoms with Crippen LogP contribution in [0.15, 0.2) is 30.9 Å². The van der Waals surface area contributed by atoms with Gasteiger partial charge >= 0.3 is 6.03 Å². The highest BCUT2D eigenvalue weighted by molar-refractivity contribution is 7.91. The number of aromatic amines is 1. The molecule has 1 aliphatic rings. The maximum Gasteiger partial charge on any atom is 0.326 e. The second kappa shape index (κ2) is 7.91. The molecular formula is C18H21N9O3S. The van der Waals surface area contributed by atoms with Crippen LogP contribution >= 0.6 is 0 Å². The molecule has 3 aromatic rings. The van der Waals surface area contributed by atoms with E-state index in [1.165, 1.54) is 37.1 Å². The number of nitrogens with two attached hydrogens (primary N) is 1. The number of aromatic nitrogens is 6. The third-order valence-corrected chi connectivity index (χ3v) is 7.26. The summed E-state index contributed by atoms with van der Waals surface area (Å²) in [6.07, 6.45) is 9.65. The van der Waals surface area contributed by atoms with Crippen LogP contribution in [-0.2, 0) is 14.6 Å². The molecule has 3 heterocycles. The van der Waals surface area contributed by atoms with Crippen molar-refractivity contribution < 1.29 is 13.2 Å². The molecule has 1 aliphatic carbocycles. The summed E-state index contributed by atoms with van der Waals surface area (Å²) in [6, 6.07) is 0.986. The summed E-state index contributed by atoms with van der Waals surface area (Å²) in [5.41, 5.74) is 7.28. The van der Waals surface area contributed by atoms with E-state index in [4.69, 9.17) is 5.73 Å². The van der Waals surface area contributed by atoms with Crippen molar-refractivity contribution in [2.45, 2.75) is 30.4 Å². The lowest BCUT2D eigenvalue weighted by Crippen LogP contribution is -2.33. The molecule has 0 unspecified atom stereocenters. The summed E-state index contributed by atoms with van der Waals surface area (Å²) >= 11 is 0. The van der Waals surface area contributed by atoms with Crippen molar-refractivity contribution in [1.29, 1.82) is 0 Å². The molecule has 1 saturated carbocycles. The molecule has 1 fully saturated rings. The first-order valence-electron chi connectivity index (χ1n) is 9.51. The van der Waals surface area contributed by atoms with Crippen LogP contribution in [0.4, 0.5) is 22.2 Å². The van der Waals surface area contributed by atoms with Gasteiger partial charge in [-0.25, -0.2) is 33.1 Å². The molecule has 0 saturated heterocycles. The largest absolute Gasteiger partial charge is 0.384 e. The number of carbonyl (C=O) groups excluding carboxylic acids is 1. The van der Waals surface area contributed by atoms with Crippen molar-refractivity contribution in [3.05, 3.63) is 36.5 Å². The van der Waals surface area contributed by atoms with Gasteiger partial charge in [0.25, 0.3) is 0 Å². The molecule has 12 nitrogen and oxygen atoms in total. The highest BCUT2D eigenvalue weighted by Crippen LogP contribution is 2.45. The van der Waals surface area contributed by atoms with Crippen molar-refractivity contribution in [2.75, 3.05) is 22.6 Å². The molecule has 0 aliphatic heterocycles. The summed E-state index contributed by atoms with van der Waals surface area (Å²) in [4.78, 5) is 28.9. The Morgan fingerprint density at radius 3 is 2.45 bits per heavy atom. The second-order valence-corrected chi connectivity index (χ2v) is 9.66. The highest BCUT2D eigenvalue weighted by atomic mass is 32.2. The van der Waals surface area contributed by atoms with Gasteiger partial charge in [-0.15, -0.1) is 0 Å². The zero-order valence-electron chi connectivity index (χ0n) is 16.7. The first kappa shape index (κ1) is 20.7. The lowest BCUT2D eigenvalue weighted by atomic mass is 10.0. The molecule has 5 N–H and O–H groups in total. The number of rotatable bonds is 5. The van der Waals surface area contributed by atoms with Crippen LogP contribution in [0.1, 0.15) is 31.4 Å². The minimum Gasteiger partial charge on any atom is -0.384 e. The average Bonchev–Trinajstić information content (AvgIpc) is 3.40. The van der Waals surface area contributed by atoms with Crippen LogP contribution in [0.2, 0.25) is 0 Å². The summed E-state index contributed by atoms with van der Waals surface area (Å²) in [5.74, 6) is 0.452. The zero-order valence-corrected chi connectivity index (χ0v) is 17.5. The van der Waals surface area contributed by atoms with Gasteiger partial charge in [0.15, 0.2) is 15.7 Å². The lowest BCUT2D eigenvalue weighted by Gasteiger charge is -2.26. The van der Waals surface area contributed by atoms with Crippen LogP contribution < -0.4 is 16.4 Å². The van der Waals surface area contributed by atoms with Gasteiger partial charge in [0.05, 0.1) is 23.1 Å². The van der Waals surface area contributed by atoms with Gasteiger partial charge in [0.2, 0.25) is 5.95 Å². The first-order valence-corrected chi connectivity index (χ1v) is 11.4. The van der Waals surface area contributed by atoms with E-state index in [1.54, 1.807) is 0 Å². The number of amides is 2. The van der Waals surface area contributed by atoms with Gasteiger partial charge in [-0.05, 0) is 12.8 Å². The predicted molar refractivity (Wildman–Crippen MR) is 114 cm³/mol. The van der Waals surface area contributed by atoms with E-state index < -0.39 is 20.6 Å². The Balaban J connectivity index is 1.58. The Hall–Kier alpha value is -3.61. The molecule has 0 atom stereocenters. The SMILES string of the molecule is CS(=O)(=O)C1(c2cc(N)nc(-c3cnc(NC(=O)Nc4cn[nH]c4)nc3)n2)CCCC1. The summed E-state index contributed by atoms with van der Waals surface area (Å²) < 4.78 is 24.1. The smallest absolute Gasteiger partial charge is 0.326 e. The van der Waals surface area contributed by atoms with Crippen molar-refractivity contribution in [1.82, 2.24) is 30.1 Å². The van der Waals surface area contributed by atoms with Crippen LogP contribution in [0.3, 0.4) is 0 Å². The number of H-pyrrole nitrogens is 1. The Bertz CT molecular complexity index is 1190. The molecule has 0 spiro atoms. The maximum atomic E-state index is 12.6. The number of carbonyl (C=O) groups is 1. The van der Waals surface area contributed by atoms with E-state index in [0.29, 0.717) is 29.8 Å². The molecule has 13 heteroatoms. The number of hydrogen-bond donors (Lipinski definition) is 4. The van der Waals surface area contributed by atoms with Crippen LogP contribution in [0.5, 0.6) is 0 Å². The monoisotopic (exact) mass is 443 g/mol. The molecule has 31 heavy (non-hydrogen) atoms. The third-order valence-electron chi connectivity index (χ3n) is 5.23. The Kier molecular flexibility index (Phi) is 5.27. The van der Waals surface area contributed by atoms with Gasteiger partial charge < -0.3 is 11.1 Å². The number of anilines is 3. The molecular weight excluding hydrogens is 422 g/mol. The molecule has 162 valence electrons. The number of urea groups is 1. The molecule has 2 amide bonds. The molecule has 3 aromatic heterocycles. The maximum absolute atomic E-state index is 12.6. The topological polar surface area (TPSA) is 182 Å². The zero-order chi connectivity index (χ0) is 22.1. The van der Waals surface area contributed by atoms with Gasteiger partial charge in [-0.1, -0.05) is 12.8 Å². The quantitative estimate of drug-likeness (QED) is 0.456. The van der Waals surface area contributed by atoms with E-state index in [0.717, 1.165) is 12.8 Å². The minimum absolute atomic E-state index is 0.0669. The van der Waals surface area contributed by atoms with Crippen LogP contribution in [-0.4, -0.2) is 50.8 Å². The van der Waals surface area contributed by atoms with E-state index in [2.05, 4.69) is 40.8 Å². The Morgan fingerprint density at radius 2 is 1.84 bits per heavy atom. The lowest BCUT2D eigenvalue weighted by molar-refractivity contribution is 0.262. The van der Waals surface area contributed by atoms with E-state index >= 15 is 0 Å². The van der Waals surface area contributed by atoms with Gasteiger partial charge in [0.1, 0.15) is 10.6 Å². The van der Waals surface area contributed by atoms with Crippen molar-refractivity contribution >= 4 is 33.3 Å². The fraction of sp³-hybridized carbons (Fsp3) is 0.333. The summed E-state index contributed by atoms with van der Waals surface area (Å²) in [6.45, 7) is 0. The van der Waals surface area contributed by atoms with E-state index in [1.807, 2.05) is 0 Å². The Morgan fingerprint density at radius 1 is 1.13 bits per heavy atom.